The van der Waals surface area contributed by atoms with Gasteiger partial charge in [0.2, 0.25) is 0 Å². The molecule has 1 amide bonds. The molecular formula is C27H24N2O5S. The van der Waals surface area contributed by atoms with Crippen molar-refractivity contribution in [2.45, 2.75) is 29.3 Å². The van der Waals surface area contributed by atoms with Crippen LogP contribution < -0.4 is 4.90 Å². The number of hydrogen-bond donors (Lipinski definition) is 1. The number of hydrogen-bond acceptors (Lipinski definition) is 5. The maximum atomic E-state index is 13.6. The van der Waals surface area contributed by atoms with E-state index in [-0.39, 0.29) is 25.4 Å². The van der Waals surface area contributed by atoms with Gasteiger partial charge in [-0.05, 0) is 34.4 Å². The molecule has 1 atom stereocenters. The third-order valence-electron chi connectivity index (χ3n) is 7.29. The van der Waals surface area contributed by atoms with Gasteiger partial charge in [-0.15, -0.1) is 0 Å². The van der Waals surface area contributed by atoms with Crippen LogP contribution in [0.4, 0.5) is 10.5 Å². The summed E-state index contributed by atoms with van der Waals surface area (Å²) in [6, 6.07) is 23.2. The van der Waals surface area contributed by atoms with E-state index in [1.54, 1.807) is 24.3 Å². The van der Waals surface area contributed by atoms with E-state index in [9.17, 15) is 18.9 Å². The molecule has 3 aliphatic rings. The fourth-order valence-corrected chi connectivity index (χ4v) is 7.54. The van der Waals surface area contributed by atoms with Gasteiger partial charge in [-0.2, -0.15) is 0 Å². The Balaban J connectivity index is 1.34. The average Bonchev–Trinajstić information content (AvgIpc) is 3.14. The van der Waals surface area contributed by atoms with Crippen LogP contribution in [0.2, 0.25) is 0 Å². The van der Waals surface area contributed by atoms with Crippen LogP contribution in [0.15, 0.2) is 82.1 Å². The van der Waals surface area contributed by atoms with E-state index >= 15 is 0 Å². The molecule has 0 radical (unpaired) electrons. The smallest absolute Gasteiger partial charge is 0.416 e. The third-order valence-corrected chi connectivity index (χ3v) is 9.14. The lowest BCUT2D eigenvalue weighted by Gasteiger charge is -2.51. The van der Waals surface area contributed by atoms with Gasteiger partial charge in [0.25, 0.3) is 0 Å². The standard InChI is InChI=1S/C27H24N2O5S/c1-35(33)24-13-7-6-12-23(24)29(27(28-35)14-17(15-27)25(30)31)26(32)34-16-22-20-10-4-2-8-18(20)19-9-3-5-11-21(19)22/h2-13,17,22H,14-16H2,1H3,(H,30,31). The summed E-state index contributed by atoms with van der Waals surface area (Å²) in [6.45, 7) is 0.130. The second kappa shape index (κ2) is 7.68. The SMILES string of the molecule is CS1(=O)=NC2(CC(C(=O)O)C2)N(C(=O)OCC2c3ccccc3-c3ccccc32)c2ccccc21. The Bertz CT molecular complexity index is 1460. The quantitative estimate of drug-likeness (QED) is 0.553. The van der Waals surface area contributed by atoms with Crippen molar-refractivity contribution < 1.29 is 23.6 Å². The highest BCUT2D eigenvalue weighted by Gasteiger charge is 2.57. The maximum absolute atomic E-state index is 13.6. The van der Waals surface area contributed by atoms with Crippen LogP contribution >= 0.6 is 0 Å². The second-order valence-electron chi connectivity index (χ2n) is 9.43. The minimum Gasteiger partial charge on any atom is -0.481 e. The van der Waals surface area contributed by atoms with Crippen LogP contribution in [0.1, 0.15) is 29.9 Å². The molecule has 2 aliphatic carbocycles. The first-order valence-corrected chi connectivity index (χ1v) is 13.4. The molecule has 35 heavy (non-hydrogen) atoms. The van der Waals surface area contributed by atoms with Gasteiger partial charge >= 0.3 is 12.1 Å². The predicted molar refractivity (Wildman–Crippen MR) is 132 cm³/mol. The number of carbonyl (C=O) groups is 2. The predicted octanol–water partition coefficient (Wildman–Crippen LogP) is 5.10. The Labute approximate surface area is 203 Å². The van der Waals surface area contributed by atoms with E-state index in [1.807, 2.05) is 24.3 Å². The fourth-order valence-electron chi connectivity index (χ4n) is 5.69. The zero-order valence-electron chi connectivity index (χ0n) is 19.1. The number of nitrogens with zero attached hydrogens (tertiary/aromatic N) is 2. The number of ether oxygens (including phenoxy) is 1. The molecular weight excluding hydrogens is 464 g/mol. The molecule has 1 heterocycles. The Morgan fingerprint density at radius 3 is 2.20 bits per heavy atom. The molecule has 1 fully saturated rings. The van der Waals surface area contributed by atoms with Gasteiger partial charge in [0.15, 0.2) is 5.66 Å². The summed E-state index contributed by atoms with van der Waals surface area (Å²) in [4.78, 5) is 27.1. The van der Waals surface area contributed by atoms with Crippen LogP contribution in [-0.4, -0.2) is 39.9 Å². The van der Waals surface area contributed by atoms with E-state index in [0.717, 1.165) is 22.3 Å². The molecule has 1 unspecified atom stereocenters. The zero-order valence-corrected chi connectivity index (χ0v) is 19.9. The minimum atomic E-state index is -2.80. The molecule has 3 aromatic rings. The first-order chi connectivity index (χ1) is 16.8. The molecule has 0 saturated heterocycles. The van der Waals surface area contributed by atoms with E-state index < -0.39 is 33.4 Å². The number of carboxylic acid groups (broad SMARTS) is 1. The zero-order chi connectivity index (χ0) is 24.4. The van der Waals surface area contributed by atoms with Gasteiger partial charge in [0.05, 0.1) is 26.2 Å². The summed E-state index contributed by atoms with van der Waals surface area (Å²) in [5, 5.41) is 9.48. The lowest BCUT2D eigenvalue weighted by atomic mass is 9.73. The van der Waals surface area contributed by atoms with Crippen molar-refractivity contribution >= 4 is 27.5 Å². The van der Waals surface area contributed by atoms with Gasteiger partial charge in [-0.25, -0.2) is 13.4 Å². The number of aliphatic carboxylic acids is 1. The minimum absolute atomic E-state index is 0.103. The molecule has 6 rings (SSSR count). The highest BCUT2D eigenvalue weighted by atomic mass is 32.2. The lowest BCUT2D eigenvalue weighted by Crippen LogP contribution is -2.62. The molecule has 1 spiro atoms. The summed E-state index contributed by atoms with van der Waals surface area (Å²) in [5.74, 6) is -1.70. The highest BCUT2D eigenvalue weighted by Crippen LogP contribution is 2.51. The molecule has 7 nitrogen and oxygen atoms in total. The first kappa shape index (κ1) is 21.9. The van der Waals surface area contributed by atoms with Gasteiger partial charge < -0.3 is 9.84 Å². The van der Waals surface area contributed by atoms with Crippen LogP contribution in [0, 0.1) is 5.92 Å². The second-order valence-corrected chi connectivity index (χ2v) is 11.7. The normalized spacial score (nSPS) is 26.2. The van der Waals surface area contributed by atoms with Gasteiger partial charge in [0, 0.05) is 25.0 Å². The number of amides is 1. The number of fused-ring (bicyclic) bond motifs is 4. The topological polar surface area (TPSA) is 96.3 Å². The molecule has 178 valence electrons. The number of benzene rings is 3. The number of para-hydroxylation sites is 1. The first-order valence-electron chi connectivity index (χ1n) is 11.5. The summed E-state index contributed by atoms with van der Waals surface area (Å²) in [7, 11) is -2.80. The van der Waals surface area contributed by atoms with Crippen molar-refractivity contribution in [2.24, 2.45) is 10.3 Å². The molecule has 0 bridgehead atoms. The van der Waals surface area contributed by atoms with Gasteiger partial charge in [0.1, 0.15) is 6.61 Å². The summed E-state index contributed by atoms with van der Waals surface area (Å²) in [5.41, 5.74) is 3.75. The Kier molecular flexibility index (Phi) is 4.79. The molecule has 8 heteroatoms. The van der Waals surface area contributed by atoms with Crippen molar-refractivity contribution in [3.63, 3.8) is 0 Å². The highest BCUT2D eigenvalue weighted by molar-refractivity contribution is 7.93. The summed E-state index contributed by atoms with van der Waals surface area (Å²) < 4.78 is 23.9. The van der Waals surface area contributed by atoms with Gasteiger partial charge in [-0.3, -0.25) is 9.69 Å². The number of carbonyl (C=O) groups excluding carboxylic acids is 1. The van der Waals surface area contributed by atoms with Crippen molar-refractivity contribution in [1.82, 2.24) is 0 Å². The van der Waals surface area contributed by atoms with E-state index in [4.69, 9.17) is 4.74 Å². The number of rotatable bonds is 3. The largest absolute Gasteiger partial charge is 0.481 e. The van der Waals surface area contributed by atoms with Crippen LogP contribution in [0.5, 0.6) is 0 Å². The van der Waals surface area contributed by atoms with Gasteiger partial charge in [-0.1, -0.05) is 60.7 Å². The van der Waals surface area contributed by atoms with Crippen LogP contribution in [0.3, 0.4) is 0 Å². The summed E-state index contributed by atoms with van der Waals surface area (Å²) in [6.07, 6.45) is 1.13. The Hall–Kier alpha value is -3.65. The van der Waals surface area contributed by atoms with Crippen molar-refractivity contribution in [1.29, 1.82) is 0 Å². The Morgan fingerprint density at radius 1 is 1.00 bits per heavy atom. The maximum Gasteiger partial charge on any atom is 0.416 e. The molecule has 1 saturated carbocycles. The van der Waals surface area contributed by atoms with Crippen LogP contribution in [-0.2, 0) is 19.3 Å². The molecule has 1 N–H and O–H groups in total. The van der Waals surface area contributed by atoms with Crippen molar-refractivity contribution in [2.75, 3.05) is 17.8 Å². The van der Waals surface area contributed by atoms with Crippen molar-refractivity contribution in [3.05, 3.63) is 83.9 Å². The van der Waals surface area contributed by atoms with E-state index in [2.05, 4.69) is 28.6 Å². The van der Waals surface area contributed by atoms with Crippen molar-refractivity contribution in [3.8, 4) is 11.1 Å². The average molecular weight is 489 g/mol. The molecule has 3 aromatic carbocycles. The number of carboxylic acids is 1. The molecule has 0 aromatic heterocycles. The monoisotopic (exact) mass is 488 g/mol. The van der Waals surface area contributed by atoms with Crippen LogP contribution in [0.25, 0.3) is 11.1 Å². The summed E-state index contributed by atoms with van der Waals surface area (Å²) >= 11 is 0. The van der Waals surface area contributed by atoms with E-state index in [0.29, 0.717) is 10.6 Å². The number of anilines is 1. The van der Waals surface area contributed by atoms with E-state index in [1.165, 1.54) is 11.2 Å². The molecule has 1 aliphatic heterocycles. The Morgan fingerprint density at radius 2 is 1.57 bits per heavy atom. The lowest BCUT2D eigenvalue weighted by molar-refractivity contribution is -0.147. The third kappa shape index (κ3) is 3.27. The fraction of sp³-hybridized carbons (Fsp3) is 0.259.